The van der Waals surface area contributed by atoms with Crippen LogP contribution >= 0.6 is 0 Å². The molecule has 0 radical (unpaired) electrons. The SMILES string of the molecule is COC(=O)C1Cc2ccc(F)cc2C1N. The first-order valence-electron chi connectivity index (χ1n) is 4.75. The summed E-state index contributed by atoms with van der Waals surface area (Å²) in [5.74, 6) is -1.04. The Kier molecular flexibility index (Phi) is 2.44. The second-order valence-electron chi connectivity index (χ2n) is 3.70. The number of carbonyl (C=O) groups excluding carboxylic acids is 1. The Morgan fingerprint density at radius 3 is 3.00 bits per heavy atom. The lowest BCUT2D eigenvalue weighted by Crippen LogP contribution is -2.25. The maximum absolute atomic E-state index is 13.0. The molecule has 0 heterocycles. The van der Waals surface area contributed by atoms with Gasteiger partial charge in [-0.2, -0.15) is 0 Å². The van der Waals surface area contributed by atoms with E-state index in [1.165, 1.54) is 19.2 Å². The molecule has 0 bridgehead atoms. The number of ether oxygens (including phenoxy) is 1. The van der Waals surface area contributed by atoms with Crippen molar-refractivity contribution in [3.63, 3.8) is 0 Å². The highest BCUT2D eigenvalue weighted by molar-refractivity contribution is 5.75. The number of hydrogen-bond donors (Lipinski definition) is 1. The van der Waals surface area contributed by atoms with E-state index in [1.54, 1.807) is 6.07 Å². The number of methoxy groups -OCH3 is 1. The zero-order valence-corrected chi connectivity index (χ0v) is 8.37. The Labute approximate surface area is 87.0 Å². The molecule has 2 unspecified atom stereocenters. The number of rotatable bonds is 1. The van der Waals surface area contributed by atoms with Crippen LogP contribution in [0.1, 0.15) is 17.2 Å². The van der Waals surface area contributed by atoms with Gasteiger partial charge >= 0.3 is 5.97 Å². The monoisotopic (exact) mass is 209 g/mol. The average Bonchev–Trinajstić information content (AvgIpc) is 2.55. The van der Waals surface area contributed by atoms with Crippen LogP contribution in [0.15, 0.2) is 18.2 Å². The van der Waals surface area contributed by atoms with Crippen LogP contribution in [0.3, 0.4) is 0 Å². The highest BCUT2D eigenvalue weighted by Gasteiger charge is 2.35. The van der Waals surface area contributed by atoms with Gasteiger partial charge < -0.3 is 10.5 Å². The summed E-state index contributed by atoms with van der Waals surface area (Å²) in [5, 5.41) is 0. The summed E-state index contributed by atoms with van der Waals surface area (Å²) in [6.07, 6.45) is 0.531. The van der Waals surface area contributed by atoms with Gasteiger partial charge in [-0.1, -0.05) is 6.07 Å². The minimum atomic E-state index is -0.455. The quantitative estimate of drug-likeness (QED) is 0.706. The van der Waals surface area contributed by atoms with E-state index in [0.717, 1.165) is 5.56 Å². The molecule has 15 heavy (non-hydrogen) atoms. The van der Waals surface area contributed by atoms with E-state index in [2.05, 4.69) is 4.74 Å². The first-order valence-corrected chi connectivity index (χ1v) is 4.75. The van der Waals surface area contributed by atoms with Crippen LogP contribution in [0.2, 0.25) is 0 Å². The molecule has 3 nitrogen and oxygen atoms in total. The summed E-state index contributed by atoms with van der Waals surface area (Å²) in [5.41, 5.74) is 7.51. The lowest BCUT2D eigenvalue weighted by Gasteiger charge is -2.12. The zero-order valence-electron chi connectivity index (χ0n) is 8.37. The third-order valence-corrected chi connectivity index (χ3v) is 2.84. The van der Waals surface area contributed by atoms with Crippen LogP contribution in [0.25, 0.3) is 0 Å². The van der Waals surface area contributed by atoms with Gasteiger partial charge in [-0.3, -0.25) is 4.79 Å². The van der Waals surface area contributed by atoms with Crippen LogP contribution in [0.4, 0.5) is 4.39 Å². The Balaban J connectivity index is 2.33. The Bertz CT molecular complexity index is 406. The number of nitrogens with two attached hydrogens (primary N) is 1. The van der Waals surface area contributed by atoms with Gasteiger partial charge in [0, 0.05) is 6.04 Å². The summed E-state index contributed by atoms with van der Waals surface area (Å²) in [7, 11) is 1.33. The molecule has 1 aromatic rings. The van der Waals surface area contributed by atoms with E-state index in [1.807, 2.05) is 0 Å². The first kappa shape index (κ1) is 10.1. The van der Waals surface area contributed by atoms with E-state index in [-0.39, 0.29) is 17.7 Å². The Hall–Kier alpha value is -1.42. The molecule has 0 fully saturated rings. The van der Waals surface area contributed by atoms with Crippen molar-refractivity contribution in [1.82, 2.24) is 0 Å². The molecular weight excluding hydrogens is 197 g/mol. The second-order valence-corrected chi connectivity index (χ2v) is 3.70. The van der Waals surface area contributed by atoms with Crippen molar-refractivity contribution in [3.8, 4) is 0 Å². The molecular formula is C11H12FNO2. The second kappa shape index (κ2) is 3.62. The third kappa shape index (κ3) is 1.61. The van der Waals surface area contributed by atoms with Crippen molar-refractivity contribution in [2.24, 2.45) is 11.7 Å². The standard InChI is InChI=1S/C11H12FNO2/c1-15-11(14)9-4-6-2-3-7(12)5-8(6)10(9)13/h2-3,5,9-10H,4,13H2,1H3. The van der Waals surface area contributed by atoms with Gasteiger partial charge in [0.05, 0.1) is 13.0 Å². The molecule has 1 aliphatic carbocycles. The van der Waals surface area contributed by atoms with Gasteiger partial charge in [0.25, 0.3) is 0 Å². The molecule has 2 atom stereocenters. The van der Waals surface area contributed by atoms with E-state index >= 15 is 0 Å². The predicted molar refractivity (Wildman–Crippen MR) is 52.5 cm³/mol. The molecule has 1 aromatic carbocycles. The fourth-order valence-electron chi connectivity index (χ4n) is 2.02. The number of fused-ring (bicyclic) bond motifs is 1. The molecule has 80 valence electrons. The molecule has 0 amide bonds. The van der Waals surface area contributed by atoms with Gasteiger partial charge in [0.15, 0.2) is 0 Å². The fraction of sp³-hybridized carbons (Fsp3) is 0.364. The molecule has 0 aromatic heterocycles. The van der Waals surface area contributed by atoms with Crippen LogP contribution in [0, 0.1) is 11.7 Å². The van der Waals surface area contributed by atoms with Crippen molar-refractivity contribution >= 4 is 5.97 Å². The normalized spacial score (nSPS) is 23.7. The van der Waals surface area contributed by atoms with Crippen molar-refractivity contribution in [2.75, 3.05) is 7.11 Å². The van der Waals surface area contributed by atoms with Gasteiger partial charge in [0.1, 0.15) is 5.82 Å². The highest BCUT2D eigenvalue weighted by atomic mass is 19.1. The molecule has 0 saturated heterocycles. The lowest BCUT2D eigenvalue weighted by atomic mass is 10.0. The van der Waals surface area contributed by atoms with Crippen LogP contribution in [-0.2, 0) is 16.0 Å². The van der Waals surface area contributed by atoms with E-state index in [0.29, 0.717) is 12.0 Å². The molecule has 1 aliphatic rings. The molecule has 2 N–H and O–H groups in total. The number of carbonyl (C=O) groups is 1. The van der Waals surface area contributed by atoms with Gasteiger partial charge in [-0.25, -0.2) is 4.39 Å². The summed E-state index contributed by atoms with van der Waals surface area (Å²) in [4.78, 5) is 11.4. The average molecular weight is 209 g/mol. The number of halogens is 1. The molecule has 0 aliphatic heterocycles. The smallest absolute Gasteiger partial charge is 0.310 e. The topological polar surface area (TPSA) is 52.3 Å². The van der Waals surface area contributed by atoms with Crippen LogP contribution in [0.5, 0.6) is 0 Å². The number of benzene rings is 1. The minimum Gasteiger partial charge on any atom is -0.469 e. The maximum atomic E-state index is 13.0. The largest absolute Gasteiger partial charge is 0.469 e. The summed E-state index contributed by atoms with van der Waals surface area (Å²) in [6.45, 7) is 0. The van der Waals surface area contributed by atoms with Crippen molar-refractivity contribution in [3.05, 3.63) is 35.1 Å². The van der Waals surface area contributed by atoms with Crippen LogP contribution in [-0.4, -0.2) is 13.1 Å². The third-order valence-electron chi connectivity index (χ3n) is 2.84. The zero-order chi connectivity index (χ0) is 11.0. The summed E-state index contributed by atoms with van der Waals surface area (Å²) >= 11 is 0. The molecule has 0 spiro atoms. The maximum Gasteiger partial charge on any atom is 0.310 e. The highest BCUT2D eigenvalue weighted by Crippen LogP contribution is 2.35. The Morgan fingerprint density at radius 1 is 1.60 bits per heavy atom. The predicted octanol–water partition coefficient (Wildman–Crippen LogP) is 1.17. The summed E-state index contributed by atoms with van der Waals surface area (Å²) in [6, 6.07) is 3.99. The van der Waals surface area contributed by atoms with Crippen molar-refractivity contribution in [2.45, 2.75) is 12.5 Å². The van der Waals surface area contributed by atoms with E-state index in [4.69, 9.17) is 5.73 Å². The molecule has 0 saturated carbocycles. The summed E-state index contributed by atoms with van der Waals surface area (Å²) < 4.78 is 17.6. The van der Waals surface area contributed by atoms with Crippen molar-refractivity contribution < 1.29 is 13.9 Å². The van der Waals surface area contributed by atoms with E-state index in [9.17, 15) is 9.18 Å². The Morgan fingerprint density at radius 2 is 2.33 bits per heavy atom. The molecule has 2 rings (SSSR count). The lowest BCUT2D eigenvalue weighted by molar-refractivity contribution is -0.145. The number of hydrogen-bond acceptors (Lipinski definition) is 3. The fourth-order valence-corrected chi connectivity index (χ4v) is 2.02. The first-order chi connectivity index (χ1) is 7.13. The van der Waals surface area contributed by atoms with Gasteiger partial charge in [-0.15, -0.1) is 0 Å². The van der Waals surface area contributed by atoms with Gasteiger partial charge in [0.2, 0.25) is 0 Å². The van der Waals surface area contributed by atoms with Crippen molar-refractivity contribution in [1.29, 1.82) is 0 Å². The van der Waals surface area contributed by atoms with Gasteiger partial charge in [-0.05, 0) is 29.7 Å². The van der Waals surface area contributed by atoms with E-state index < -0.39 is 6.04 Å². The number of esters is 1. The molecule has 4 heteroatoms. The van der Waals surface area contributed by atoms with Crippen LogP contribution < -0.4 is 5.73 Å². The minimum absolute atomic E-state index is 0.324.